The molecule has 0 spiro atoms. The Morgan fingerprint density at radius 2 is 0.750 bits per heavy atom. The molecule has 0 fully saturated rings. The van der Waals surface area contributed by atoms with Crippen LogP contribution in [0.15, 0.2) is 36.4 Å². The fourth-order valence-corrected chi connectivity index (χ4v) is 4.18. The van der Waals surface area contributed by atoms with E-state index in [1.807, 2.05) is 74.5 Å². The predicted molar refractivity (Wildman–Crippen MR) is 159 cm³/mol. The van der Waals surface area contributed by atoms with Crippen molar-refractivity contribution in [3.8, 4) is 46.0 Å². The normalized spacial score (nSPS) is 11.0. The Balaban J connectivity index is 2.05. The summed E-state index contributed by atoms with van der Waals surface area (Å²) in [6.07, 6.45) is 7.87. The smallest absolute Gasteiger partial charge is 0.203 e. The van der Waals surface area contributed by atoms with Gasteiger partial charge in [-0.15, -0.1) is 0 Å². The lowest BCUT2D eigenvalue weighted by molar-refractivity contribution is 0.324. The largest absolute Gasteiger partial charge is 0.493 e. The van der Waals surface area contributed by atoms with E-state index < -0.39 is 0 Å². The molecule has 0 heterocycles. The minimum Gasteiger partial charge on any atom is -0.493 e. The Bertz CT molecular complexity index is 1190. The molecule has 3 aromatic rings. The Morgan fingerprint density at radius 3 is 1.00 bits per heavy atom. The van der Waals surface area contributed by atoms with Crippen LogP contribution in [0, 0.1) is 0 Å². The zero-order valence-corrected chi connectivity index (χ0v) is 24.5. The predicted octanol–water partition coefficient (Wildman–Crippen LogP) is 6.88. The van der Waals surface area contributed by atoms with E-state index in [1.54, 1.807) is 42.7 Å². The first-order valence-corrected chi connectivity index (χ1v) is 12.9. The summed E-state index contributed by atoms with van der Waals surface area (Å²) in [5.74, 6) is 4.83. The zero-order chi connectivity index (χ0) is 29.1. The van der Waals surface area contributed by atoms with Gasteiger partial charge in [-0.25, -0.2) is 0 Å². The van der Waals surface area contributed by atoms with E-state index in [2.05, 4.69) is 0 Å². The van der Waals surface area contributed by atoms with Crippen LogP contribution in [0.2, 0.25) is 0 Å². The molecule has 0 aliphatic rings. The average molecular weight is 551 g/mol. The average Bonchev–Trinajstić information content (AvgIpc) is 2.98. The summed E-state index contributed by atoms with van der Waals surface area (Å²) < 4.78 is 44.9. The van der Waals surface area contributed by atoms with Gasteiger partial charge >= 0.3 is 0 Å². The van der Waals surface area contributed by atoms with Crippen LogP contribution < -0.4 is 37.9 Å². The molecule has 8 heteroatoms. The molecule has 0 amide bonds. The molecule has 214 valence electrons. The number of ether oxygens (including phenoxy) is 8. The number of hydrogen-bond donors (Lipinski definition) is 0. The molecule has 0 saturated heterocycles. The maximum absolute atomic E-state index is 6.01. The lowest BCUT2D eigenvalue weighted by Crippen LogP contribution is -1.99. The van der Waals surface area contributed by atoms with Crippen molar-refractivity contribution in [2.24, 2.45) is 0 Å². The molecule has 0 N–H and O–H groups in total. The van der Waals surface area contributed by atoms with Gasteiger partial charge in [0.05, 0.1) is 55.9 Å². The molecular formula is C32H38O8. The Hall–Kier alpha value is -4.46. The van der Waals surface area contributed by atoms with Crippen molar-refractivity contribution < 1.29 is 37.9 Å². The highest BCUT2D eigenvalue weighted by Crippen LogP contribution is 2.40. The summed E-state index contributed by atoms with van der Waals surface area (Å²) in [5.41, 5.74) is 3.48. The first-order valence-electron chi connectivity index (χ1n) is 12.9. The van der Waals surface area contributed by atoms with Gasteiger partial charge in [0.25, 0.3) is 0 Å². The maximum atomic E-state index is 6.01. The van der Waals surface area contributed by atoms with Crippen LogP contribution in [-0.4, -0.2) is 55.9 Å². The van der Waals surface area contributed by atoms with Crippen molar-refractivity contribution in [2.75, 3.05) is 55.9 Å². The lowest BCUT2D eigenvalue weighted by Gasteiger charge is -2.15. The van der Waals surface area contributed by atoms with Gasteiger partial charge in [-0.2, -0.15) is 0 Å². The Labute approximate surface area is 236 Å². The SMILES string of the molecule is CCOc1cc(C=Cc2cc(OC)c(OC)c(OC)c2)c(OCC)cc1C=Cc1cc(OC)c(OC)c(OC)c1. The zero-order valence-electron chi connectivity index (χ0n) is 24.5. The summed E-state index contributed by atoms with van der Waals surface area (Å²) in [4.78, 5) is 0. The topological polar surface area (TPSA) is 73.8 Å². The van der Waals surface area contributed by atoms with Gasteiger partial charge in [0.2, 0.25) is 11.5 Å². The number of methoxy groups -OCH3 is 6. The second-order valence-electron chi connectivity index (χ2n) is 8.38. The Morgan fingerprint density at radius 1 is 0.425 bits per heavy atom. The first-order chi connectivity index (χ1) is 19.5. The van der Waals surface area contributed by atoms with Gasteiger partial charge in [0.15, 0.2) is 23.0 Å². The number of rotatable bonds is 14. The van der Waals surface area contributed by atoms with Crippen LogP contribution in [0.3, 0.4) is 0 Å². The second kappa shape index (κ2) is 14.6. The summed E-state index contributed by atoms with van der Waals surface area (Å²) in [5, 5.41) is 0. The molecule has 40 heavy (non-hydrogen) atoms. The first kappa shape index (κ1) is 30.1. The molecule has 8 nitrogen and oxygen atoms in total. The highest BCUT2D eigenvalue weighted by molar-refractivity contribution is 5.80. The minimum absolute atomic E-state index is 0.509. The van der Waals surface area contributed by atoms with Crippen molar-refractivity contribution in [3.63, 3.8) is 0 Å². The third-order valence-electron chi connectivity index (χ3n) is 6.03. The quantitative estimate of drug-likeness (QED) is 0.201. The minimum atomic E-state index is 0.509. The van der Waals surface area contributed by atoms with E-state index in [1.165, 1.54) is 0 Å². The van der Waals surface area contributed by atoms with Crippen LogP contribution in [0.1, 0.15) is 36.1 Å². The van der Waals surface area contributed by atoms with Crippen LogP contribution in [0.5, 0.6) is 46.0 Å². The van der Waals surface area contributed by atoms with Gasteiger partial charge in [-0.3, -0.25) is 0 Å². The molecule has 0 aliphatic carbocycles. The van der Waals surface area contributed by atoms with Gasteiger partial charge in [-0.05, 0) is 61.4 Å². The van der Waals surface area contributed by atoms with E-state index in [0.717, 1.165) is 33.8 Å². The van der Waals surface area contributed by atoms with Crippen molar-refractivity contribution in [1.82, 2.24) is 0 Å². The molecule has 0 bridgehead atoms. The highest BCUT2D eigenvalue weighted by atomic mass is 16.5. The van der Waals surface area contributed by atoms with Crippen molar-refractivity contribution in [2.45, 2.75) is 13.8 Å². The molecule has 3 rings (SSSR count). The van der Waals surface area contributed by atoms with E-state index in [-0.39, 0.29) is 0 Å². The van der Waals surface area contributed by atoms with Gasteiger partial charge in [-0.1, -0.05) is 24.3 Å². The molecule has 3 aromatic carbocycles. The van der Waals surface area contributed by atoms with Crippen molar-refractivity contribution in [1.29, 1.82) is 0 Å². The molecule has 0 unspecified atom stereocenters. The fourth-order valence-electron chi connectivity index (χ4n) is 4.18. The van der Waals surface area contributed by atoms with E-state index in [0.29, 0.717) is 47.7 Å². The van der Waals surface area contributed by atoms with Crippen molar-refractivity contribution >= 4 is 24.3 Å². The second-order valence-corrected chi connectivity index (χ2v) is 8.38. The molecule has 0 aromatic heterocycles. The fraction of sp³-hybridized carbons (Fsp3) is 0.312. The number of hydrogen-bond acceptors (Lipinski definition) is 8. The van der Waals surface area contributed by atoms with Gasteiger partial charge in [0, 0.05) is 11.1 Å². The summed E-state index contributed by atoms with van der Waals surface area (Å²) in [6, 6.07) is 11.5. The van der Waals surface area contributed by atoms with Crippen molar-refractivity contribution in [3.05, 3.63) is 58.7 Å². The van der Waals surface area contributed by atoms with Crippen LogP contribution in [-0.2, 0) is 0 Å². The Kier molecular flexibility index (Phi) is 11.0. The van der Waals surface area contributed by atoms with Crippen LogP contribution in [0.4, 0.5) is 0 Å². The number of benzene rings is 3. The lowest BCUT2D eigenvalue weighted by atomic mass is 10.0. The molecular weight excluding hydrogens is 512 g/mol. The summed E-state index contributed by atoms with van der Waals surface area (Å²) in [6.45, 7) is 4.92. The van der Waals surface area contributed by atoms with E-state index in [9.17, 15) is 0 Å². The standard InChI is InChI=1S/C32H38O8/c1-9-39-25-19-24(14-12-22-17-29(35-5)32(38-8)30(18-22)36-6)26(40-10-2)20-23(25)13-11-21-15-27(33-3)31(37-7)28(16-21)34-4/h11-20H,9-10H2,1-8H3. The van der Waals surface area contributed by atoms with Crippen LogP contribution in [0.25, 0.3) is 24.3 Å². The molecule has 0 aliphatic heterocycles. The molecule has 0 radical (unpaired) electrons. The van der Waals surface area contributed by atoms with E-state index >= 15 is 0 Å². The summed E-state index contributed by atoms with van der Waals surface area (Å²) in [7, 11) is 9.54. The van der Waals surface area contributed by atoms with Crippen LogP contribution >= 0.6 is 0 Å². The van der Waals surface area contributed by atoms with Gasteiger partial charge in [0.1, 0.15) is 11.5 Å². The maximum Gasteiger partial charge on any atom is 0.203 e. The molecule has 0 atom stereocenters. The van der Waals surface area contributed by atoms with Gasteiger partial charge < -0.3 is 37.9 Å². The monoisotopic (exact) mass is 550 g/mol. The highest BCUT2D eigenvalue weighted by Gasteiger charge is 2.14. The molecule has 0 saturated carbocycles. The third-order valence-corrected chi connectivity index (χ3v) is 6.03. The van der Waals surface area contributed by atoms with E-state index in [4.69, 9.17) is 37.9 Å². The third kappa shape index (κ3) is 6.94. The summed E-state index contributed by atoms with van der Waals surface area (Å²) >= 11 is 0.